The molecule has 1 amide bonds. The summed E-state index contributed by atoms with van der Waals surface area (Å²) < 4.78 is 10.5. The van der Waals surface area contributed by atoms with Gasteiger partial charge in [0.05, 0.1) is 31.5 Å². The largest absolute Gasteiger partial charge is 0.493 e. The van der Waals surface area contributed by atoms with Crippen LogP contribution in [0.25, 0.3) is 0 Å². The Morgan fingerprint density at radius 3 is 2.48 bits per heavy atom. The Morgan fingerprint density at radius 2 is 1.87 bits per heavy atom. The van der Waals surface area contributed by atoms with Gasteiger partial charge in [0.1, 0.15) is 5.82 Å². The molecule has 1 heterocycles. The molecule has 23 heavy (non-hydrogen) atoms. The SMILES string of the molecule is COc1ccc([C@H](C)NC(=O)c2cnc(C)nc2C)cc1OC. The number of benzene rings is 1. The number of carbonyl (C=O) groups is 1. The number of rotatable bonds is 5. The van der Waals surface area contributed by atoms with Crippen LogP contribution in [0.5, 0.6) is 11.5 Å². The first-order chi connectivity index (χ1) is 11.0. The van der Waals surface area contributed by atoms with E-state index in [0.29, 0.717) is 28.6 Å². The Morgan fingerprint density at radius 1 is 1.17 bits per heavy atom. The number of aryl methyl sites for hydroxylation is 2. The van der Waals surface area contributed by atoms with Crippen molar-refractivity contribution in [3.05, 3.63) is 47.0 Å². The lowest BCUT2D eigenvalue weighted by Gasteiger charge is -2.17. The molecular formula is C17H21N3O3. The van der Waals surface area contributed by atoms with Crippen LogP contribution in [0.2, 0.25) is 0 Å². The van der Waals surface area contributed by atoms with Crippen LogP contribution in [0.15, 0.2) is 24.4 Å². The first kappa shape index (κ1) is 16.7. The van der Waals surface area contributed by atoms with E-state index < -0.39 is 0 Å². The number of hydrogen-bond donors (Lipinski definition) is 1. The van der Waals surface area contributed by atoms with E-state index >= 15 is 0 Å². The van der Waals surface area contributed by atoms with Crippen molar-refractivity contribution in [1.82, 2.24) is 15.3 Å². The van der Waals surface area contributed by atoms with E-state index in [9.17, 15) is 4.79 Å². The van der Waals surface area contributed by atoms with Gasteiger partial charge in [0.2, 0.25) is 0 Å². The van der Waals surface area contributed by atoms with Crippen molar-refractivity contribution in [3.63, 3.8) is 0 Å². The fraction of sp³-hybridized carbons (Fsp3) is 0.353. The number of nitrogens with one attached hydrogen (secondary N) is 1. The van der Waals surface area contributed by atoms with Gasteiger partial charge >= 0.3 is 0 Å². The molecule has 0 bridgehead atoms. The van der Waals surface area contributed by atoms with Crippen molar-refractivity contribution < 1.29 is 14.3 Å². The quantitative estimate of drug-likeness (QED) is 0.918. The highest BCUT2D eigenvalue weighted by Crippen LogP contribution is 2.29. The van der Waals surface area contributed by atoms with E-state index in [1.54, 1.807) is 34.3 Å². The van der Waals surface area contributed by atoms with Crippen LogP contribution < -0.4 is 14.8 Å². The van der Waals surface area contributed by atoms with Gasteiger partial charge in [0.15, 0.2) is 11.5 Å². The van der Waals surface area contributed by atoms with Gasteiger partial charge in [-0.1, -0.05) is 6.07 Å². The topological polar surface area (TPSA) is 73.3 Å². The third kappa shape index (κ3) is 3.77. The van der Waals surface area contributed by atoms with Crippen molar-refractivity contribution >= 4 is 5.91 Å². The van der Waals surface area contributed by atoms with Gasteiger partial charge in [-0.25, -0.2) is 9.97 Å². The number of amides is 1. The molecule has 1 aromatic carbocycles. The van der Waals surface area contributed by atoms with Crippen molar-refractivity contribution in [1.29, 1.82) is 0 Å². The third-order valence-electron chi connectivity index (χ3n) is 3.60. The predicted octanol–water partition coefficient (Wildman–Crippen LogP) is 2.60. The number of ether oxygens (including phenoxy) is 2. The lowest BCUT2D eigenvalue weighted by atomic mass is 10.1. The predicted molar refractivity (Wildman–Crippen MR) is 86.9 cm³/mol. The van der Waals surface area contributed by atoms with Crippen LogP contribution in [0.4, 0.5) is 0 Å². The maximum atomic E-state index is 12.4. The van der Waals surface area contributed by atoms with Crippen molar-refractivity contribution in [2.24, 2.45) is 0 Å². The summed E-state index contributed by atoms with van der Waals surface area (Å²) >= 11 is 0. The van der Waals surface area contributed by atoms with Gasteiger partial charge in [-0.2, -0.15) is 0 Å². The smallest absolute Gasteiger partial charge is 0.255 e. The summed E-state index contributed by atoms with van der Waals surface area (Å²) in [6, 6.07) is 5.37. The second-order valence-corrected chi connectivity index (χ2v) is 5.23. The van der Waals surface area contributed by atoms with Crippen LogP contribution in [-0.2, 0) is 0 Å². The van der Waals surface area contributed by atoms with E-state index in [2.05, 4.69) is 15.3 Å². The zero-order chi connectivity index (χ0) is 17.0. The number of nitrogens with zero attached hydrogens (tertiary/aromatic N) is 2. The number of aromatic nitrogens is 2. The average Bonchev–Trinajstić information content (AvgIpc) is 2.53. The maximum absolute atomic E-state index is 12.4. The number of methoxy groups -OCH3 is 2. The average molecular weight is 315 g/mol. The standard InChI is InChI=1S/C17H21N3O3/c1-10(13-6-7-15(22-4)16(8-13)23-5)20-17(21)14-9-18-12(3)19-11(14)2/h6-10H,1-5H3,(H,20,21)/t10-/m0/s1. The highest BCUT2D eigenvalue weighted by molar-refractivity contribution is 5.95. The lowest BCUT2D eigenvalue weighted by Crippen LogP contribution is -2.27. The van der Waals surface area contributed by atoms with Crippen molar-refractivity contribution in [2.45, 2.75) is 26.8 Å². The van der Waals surface area contributed by atoms with Gasteiger partial charge in [-0.3, -0.25) is 4.79 Å². The third-order valence-corrected chi connectivity index (χ3v) is 3.60. The Kier molecular flexibility index (Phi) is 5.16. The summed E-state index contributed by atoms with van der Waals surface area (Å²) in [6.07, 6.45) is 1.55. The molecule has 0 saturated carbocycles. The zero-order valence-electron chi connectivity index (χ0n) is 14.0. The first-order valence-corrected chi connectivity index (χ1v) is 7.29. The van der Waals surface area contributed by atoms with Crippen LogP contribution in [-0.4, -0.2) is 30.1 Å². The van der Waals surface area contributed by atoms with E-state index in [1.165, 1.54) is 0 Å². The van der Waals surface area contributed by atoms with E-state index in [4.69, 9.17) is 9.47 Å². The zero-order valence-corrected chi connectivity index (χ0v) is 14.0. The molecule has 0 aliphatic heterocycles. The molecule has 0 radical (unpaired) electrons. The van der Waals surface area contributed by atoms with Crippen LogP contribution in [0.1, 0.15) is 40.4 Å². The Balaban J connectivity index is 2.18. The van der Waals surface area contributed by atoms with E-state index in [0.717, 1.165) is 5.56 Å². The maximum Gasteiger partial charge on any atom is 0.255 e. The van der Waals surface area contributed by atoms with Crippen molar-refractivity contribution in [2.75, 3.05) is 14.2 Å². The summed E-state index contributed by atoms with van der Waals surface area (Å²) in [6.45, 7) is 5.50. The molecule has 0 fully saturated rings. The molecule has 122 valence electrons. The second-order valence-electron chi connectivity index (χ2n) is 5.23. The molecule has 6 nitrogen and oxygen atoms in total. The molecule has 1 aromatic heterocycles. The molecule has 0 spiro atoms. The minimum atomic E-state index is -0.204. The summed E-state index contributed by atoms with van der Waals surface area (Å²) in [5.41, 5.74) is 2.05. The summed E-state index contributed by atoms with van der Waals surface area (Å²) in [5.74, 6) is 1.72. The normalized spacial score (nSPS) is 11.7. The van der Waals surface area contributed by atoms with Crippen LogP contribution in [0.3, 0.4) is 0 Å². The monoisotopic (exact) mass is 315 g/mol. The Labute approximate surface area is 135 Å². The van der Waals surface area contributed by atoms with Gasteiger partial charge in [-0.05, 0) is 38.5 Å². The molecule has 1 atom stereocenters. The van der Waals surface area contributed by atoms with Gasteiger partial charge in [-0.15, -0.1) is 0 Å². The highest BCUT2D eigenvalue weighted by Gasteiger charge is 2.16. The summed E-state index contributed by atoms with van der Waals surface area (Å²) in [4.78, 5) is 20.7. The molecule has 0 unspecified atom stereocenters. The fourth-order valence-electron chi connectivity index (χ4n) is 2.29. The van der Waals surface area contributed by atoms with E-state index in [1.807, 2.05) is 25.1 Å². The second kappa shape index (κ2) is 7.09. The molecule has 2 rings (SSSR count). The Hall–Kier alpha value is -2.63. The molecule has 0 saturated heterocycles. The lowest BCUT2D eigenvalue weighted by molar-refractivity contribution is 0.0938. The number of carbonyl (C=O) groups excluding carboxylic acids is 1. The number of hydrogen-bond acceptors (Lipinski definition) is 5. The summed E-state index contributed by atoms with van der Waals surface area (Å²) in [5, 5.41) is 2.95. The first-order valence-electron chi connectivity index (χ1n) is 7.29. The van der Waals surface area contributed by atoms with Gasteiger partial charge < -0.3 is 14.8 Å². The molecule has 0 aliphatic carbocycles. The minimum Gasteiger partial charge on any atom is -0.493 e. The van der Waals surface area contributed by atoms with Crippen molar-refractivity contribution in [3.8, 4) is 11.5 Å². The van der Waals surface area contributed by atoms with Crippen LogP contribution in [0, 0.1) is 13.8 Å². The van der Waals surface area contributed by atoms with Gasteiger partial charge in [0, 0.05) is 6.20 Å². The molecule has 2 aromatic rings. The van der Waals surface area contributed by atoms with Gasteiger partial charge in [0.25, 0.3) is 5.91 Å². The van der Waals surface area contributed by atoms with Crippen LogP contribution >= 0.6 is 0 Å². The molecule has 6 heteroatoms. The molecule has 0 aliphatic rings. The molecular weight excluding hydrogens is 294 g/mol. The molecule has 1 N–H and O–H groups in total. The highest BCUT2D eigenvalue weighted by atomic mass is 16.5. The van der Waals surface area contributed by atoms with E-state index in [-0.39, 0.29) is 11.9 Å². The Bertz CT molecular complexity index is 716. The fourth-order valence-corrected chi connectivity index (χ4v) is 2.29. The minimum absolute atomic E-state index is 0.192. The summed E-state index contributed by atoms with van der Waals surface area (Å²) in [7, 11) is 3.17.